The van der Waals surface area contributed by atoms with Gasteiger partial charge in [0.15, 0.2) is 0 Å². The molecule has 4 heteroatoms. The van der Waals surface area contributed by atoms with E-state index in [2.05, 4.69) is 0 Å². The molecule has 1 heterocycles. The van der Waals surface area contributed by atoms with Gasteiger partial charge >= 0.3 is 5.97 Å². The zero-order valence-electron chi connectivity index (χ0n) is 9.76. The van der Waals surface area contributed by atoms with E-state index in [9.17, 15) is 9.90 Å². The van der Waals surface area contributed by atoms with Gasteiger partial charge in [-0.05, 0) is 25.5 Å². The second-order valence-electron chi connectivity index (χ2n) is 4.23. The lowest BCUT2D eigenvalue weighted by Crippen LogP contribution is -2.27. The summed E-state index contributed by atoms with van der Waals surface area (Å²) in [6.45, 7) is 2.58. The van der Waals surface area contributed by atoms with Crippen LogP contribution < -0.4 is 0 Å². The molecule has 0 radical (unpaired) electrons. The number of hydrogen-bond acceptors (Lipinski definition) is 4. The third-order valence-corrected chi connectivity index (χ3v) is 2.84. The van der Waals surface area contributed by atoms with Crippen LogP contribution >= 0.6 is 0 Å². The van der Waals surface area contributed by atoms with Crippen LogP contribution in [0.1, 0.15) is 22.3 Å². The molecular weight excluding hydrogens is 220 g/mol. The van der Waals surface area contributed by atoms with Crippen molar-refractivity contribution < 1.29 is 19.4 Å². The predicted octanol–water partition coefficient (Wildman–Crippen LogP) is 1.30. The summed E-state index contributed by atoms with van der Waals surface area (Å²) in [5.41, 5.74) is 1.61. The van der Waals surface area contributed by atoms with Gasteiger partial charge in [-0.25, -0.2) is 4.79 Å². The summed E-state index contributed by atoms with van der Waals surface area (Å²) >= 11 is 0. The molecule has 0 unspecified atom stereocenters. The maximum absolute atomic E-state index is 11.7. The van der Waals surface area contributed by atoms with Crippen LogP contribution in [0.15, 0.2) is 24.3 Å². The Hall–Kier alpha value is -1.39. The average Bonchev–Trinajstić information content (AvgIpc) is 2.73. The van der Waals surface area contributed by atoms with E-state index in [-0.39, 0.29) is 18.7 Å². The number of aliphatic hydroxyl groups excluding tert-OH is 1. The molecule has 2 rings (SSSR count). The maximum atomic E-state index is 11.7. The monoisotopic (exact) mass is 236 g/mol. The molecule has 0 saturated carbocycles. The summed E-state index contributed by atoms with van der Waals surface area (Å²) in [5.74, 6) is -0.382. The standard InChI is InChI=1S/C13H16O4/c1-9-2-4-10(5-3-9)13(15)17-8-12-11(14)6-7-16-12/h2-5,11-12,14H,6-8H2,1H3/t11-,12+/m0/s1. The van der Waals surface area contributed by atoms with Crippen molar-refractivity contribution in [2.75, 3.05) is 13.2 Å². The molecule has 0 spiro atoms. The molecule has 2 atom stereocenters. The minimum Gasteiger partial charge on any atom is -0.459 e. The number of carbonyl (C=O) groups excluding carboxylic acids is 1. The SMILES string of the molecule is Cc1ccc(C(=O)OC[C@H]2OCC[C@@H]2O)cc1. The van der Waals surface area contributed by atoms with E-state index in [0.717, 1.165) is 5.56 Å². The third-order valence-electron chi connectivity index (χ3n) is 2.84. The van der Waals surface area contributed by atoms with Crippen molar-refractivity contribution in [3.63, 3.8) is 0 Å². The van der Waals surface area contributed by atoms with Crippen LogP contribution in [0, 0.1) is 6.92 Å². The van der Waals surface area contributed by atoms with Crippen molar-refractivity contribution in [1.29, 1.82) is 0 Å². The minimum atomic E-state index is -0.527. The highest BCUT2D eigenvalue weighted by molar-refractivity contribution is 5.89. The van der Waals surface area contributed by atoms with E-state index >= 15 is 0 Å². The first-order valence-electron chi connectivity index (χ1n) is 5.70. The Kier molecular flexibility index (Phi) is 3.76. The van der Waals surface area contributed by atoms with Crippen LogP contribution in [0.2, 0.25) is 0 Å². The number of aryl methyl sites for hydroxylation is 1. The molecular formula is C13H16O4. The molecule has 92 valence electrons. The Morgan fingerprint density at radius 3 is 2.76 bits per heavy atom. The largest absolute Gasteiger partial charge is 0.459 e. The Morgan fingerprint density at radius 2 is 2.18 bits per heavy atom. The topological polar surface area (TPSA) is 55.8 Å². The van der Waals surface area contributed by atoms with Gasteiger partial charge in [0, 0.05) is 6.61 Å². The van der Waals surface area contributed by atoms with Crippen molar-refractivity contribution in [1.82, 2.24) is 0 Å². The summed E-state index contributed by atoms with van der Waals surface area (Å²) < 4.78 is 10.3. The van der Waals surface area contributed by atoms with E-state index in [1.165, 1.54) is 0 Å². The Balaban J connectivity index is 1.87. The Morgan fingerprint density at radius 1 is 1.47 bits per heavy atom. The Labute approximate surface area is 100 Å². The number of carbonyl (C=O) groups is 1. The molecule has 1 aromatic rings. The molecule has 1 aromatic carbocycles. The molecule has 0 aliphatic carbocycles. The van der Waals surface area contributed by atoms with E-state index in [1.807, 2.05) is 19.1 Å². The lowest BCUT2D eigenvalue weighted by Gasteiger charge is -2.13. The molecule has 17 heavy (non-hydrogen) atoms. The molecule has 1 fully saturated rings. The molecule has 1 N–H and O–H groups in total. The van der Waals surface area contributed by atoms with Crippen LogP contribution in [-0.2, 0) is 9.47 Å². The summed E-state index contributed by atoms with van der Waals surface area (Å²) in [6, 6.07) is 7.17. The minimum absolute atomic E-state index is 0.105. The second kappa shape index (κ2) is 5.29. The van der Waals surface area contributed by atoms with Crippen LogP contribution in [0.25, 0.3) is 0 Å². The van der Waals surface area contributed by atoms with Gasteiger partial charge in [-0.15, -0.1) is 0 Å². The molecule has 1 aliphatic rings. The highest BCUT2D eigenvalue weighted by Crippen LogP contribution is 2.14. The smallest absolute Gasteiger partial charge is 0.338 e. The van der Waals surface area contributed by atoms with Crippen molar-refractivity contribution in [3.05, 3.63) is 35.4 Å². The zero-order valence-corrected chi connectivity index (χ0v) is 9.76. The van der Waals surface area contributed by atoms with Gasteiger partial charge in [0.25, 0.3) is 0 Å². The number of hydrogen-bond donors (Lipinski definition) is 1. The fourth-order valence-electron chi connectivity index (χ4n) is 1.73. The molecule has 1 aliphatic heterocycles. The van der Waals surface area contributed by atoms with E-state index in [4.69, 9.17) is 9.47 Å². The predicted molar refractivity (Wildman–Crippen MR) is 61.8 cm³/mol. The van der Waals surface area contributed by atoms with E-state index in [0.29, 0.717) is 18.6 Å². The highest BCUT2D eigenvalue weighted by atomic mass is 16.6. The molecule has 0 amide bonds. The lowest BCUT2D eigenvalue weighted by atomic mass is 10.1. The summed E-state index contributed by atoms with van der Waals surface area (Å²) in [6.07, 6.45) is -0.308. The Bertz CT molecular complexity index is 385. The van der Waals surface area contributed by atoms with Crippen molar-refractivity contribution in [2.45, 2.75) is 25.6 Å². The van der Waals surface area contributed by atoms with Crippen molar-refractivity contribution >= 4 is 5.97 Å². The summed E-state index contributed by atoms with van der Waals surface area (Å²) in [4.78, 5) is 11.7. The highest BCUT2D eigenvalue weighted by Gasteiger charge is 2.27. The fraction of sp³-hybridized carbons (Fsp3) is 0.462. The molecule has 4 nitrogen and oxygen atoms in total. The molecule has 1 saturated heterocycles. The number of rotatable bonds is 3. The summed E-state index contributed by atoms with van der Waals surface area (Å²) in [5, 5.41) is 9.49. The van der Waals surface area contributed by atoms with Gasteiger partial charge in [-0.2, -0.15) is 0 Å². The van der Waals surface area contributed by atoms with Gasteiger partial charge < -0.3 is 14.6 Å². The maximum Gasteiger partial charge on any atom is 0.338 e. The number of esters is 1. The normalized spacial score (nSPS) is 23.6. The average molecular weight is 236 g/mol. The van der Waals surface area contributed by atoms with Crippen molar-refractivity contribution in [3.8, 4) is 0 Å². The number of benzene rings is 1. The van der Waals surface area contributed by atoms with Gasteiger partial charge in [-0.1, -0.05) is 17.7 Å². The van der Waals surface area contributed by atoms with Crippen LogP contribution in [-0.4, -0.2) is 36.5 Å². The van der Waals surface area contributed by atoms with Crippen LogP contribution in [0.3, 0.4) is 0 Å². The zero-order chi connectivity index (χ0) is 12.3. The van der Waals surface area contributed by atoms with E-state index < -0.39 is 6.10 Å². The van der Waals surface area contributed by atoms with Gasteiger partial charge in [0.05, 0.1) is 11.7 Å². The van der Waals surface area contributed by atoms with Crippen molar-refractivity contribution in [2.24, 2.45) is 0 Å². The second-order valence-corrected chi connectivity index (χ2v) is 4.23. The first-order valence-corrected chi connectivity index (χ1v) is 5.70. The summed E-state index contributed by atoms with van der Waals surface area (Å²) in [7, 11) is 0. The van der Waals surface area contributed by atoms with E-state index in [1.54, 1.807) is 12.1 Å². The van der Waals surface area contributed by atoms with Crippen LogP contribution in [0.5, 0.6) is 0 Å². The lowest BCUT2D eigenvalue weighted by molar-refractivity contribution is -0.0143. The first kappa shape index (κ1) is 12.1. The molecule has 0 aromatic heterocycles. The number of ether oxygens (including phenoxy) is 2. The van der Waals surface area contributed by atoms with Gasteiger partial charge in [0.2, 0.25) is 0 Å². The van der Waals surface area contributed by atoms with Gasteiger partial charge in [0.1, 0.15) is 12.7 Å². The fourth-order valence-corrected chi connectivity index (χ4v) is 1.73. The molecule has 0 bridgehead atoms. The third kappa shape index (κ3) is 3.05. The number of aliphatic hydroxyl groups is 1. The first-order chi connectivity index (χ1) is 8.16. The van der Waals surface area contributed by atoms with Crippen LogP contribution in [0.4, 0.5) is 0 Å². The quantitative estimate of drug-likeness (QED) is 0.804. The van der Waals surface area contributed by atoms with Gasteiger partial charge in [-0.3, -0.25) is 0 Å².